The predicted octanol–water partition coefficient (Wildman–Crippen LogP) is 2.00. The molecule has 0 saturated heterocycles. The van der Waals surface area contributed by atoms with Gasteiger partial charge in [0.05, 0.1) is 6.54 Å². The molecule has 1 heterocycles. The minimum absolute atomic E-state index is 0.157. The van der Waals surface area contributed by atoms with Crippen LogP contribution in [-0.2, 0) is 13.0 Å². The molecule has 8 heteroatoms. The molecule has 0 amide bonds. The van der Waals surface area contributed by atoms with E-state index >= 15 is 0 Å². The molecule has 1 atom stereocenters. The van der Waals surface area contributed by atoms with Gasteiger partial charge in [0.1, 0.15) is 18.3 Å². The van der Waals surface area contributed by atoms with E-state index < -0.39 is 0 Å². The zero-order chi connectivity index (χ0) is 18.8. The SMILES string of the molecule is CCc1nncn1CCNC(=NC)NCC(CC)Oc1ccccc1F. The number of aryl methyl sites for hydroxylation is 1. The second-order valence-corrected chi connectivity index (χ2v) is 5.75. The number of nitrogens with one attached hydrogen (secondary N) is 2. The monoisotopic (exact) mass is 362 g/mol. The lowest BCUT2D eigenvalue weighted by Gasteiger charge is -2.20. The summed E-state index contributed by atoms with van der Waals surface area (Å²) in [5, 5.41) is 14.4. The van der Waals surface area contributed by atoms with Gasteiger partial charge in [-0.25, -0.2) is 4.39 Å². The number of guanidine groups is 1. The van der Waals surface area contributed by atoms with Gasteiger partial charge in [-0.15, -0.1) is 10.2 Å². The van der Waals surface area contributed by atoms with Crippen LogP contribution < -0.4 is 15.4 Å². The number of hydrogen-bond donors (Lipinski definition) is 2. The summed E-state index contributed by atoms with van der Waals surface area (Å²) in [6.45, 7) is 6.02. The van der Waals surface area contributed by atoms with E-state index in [2.05, 4.69) is 32.7 Å². The highest BCUT2D eigenvalue weighted by atomic mass is 19.1. The van der Waals surface area contributed by atoms with Gasteiger partial charge in [0, 0.05) is 26.6 Å². The topological polar surface area (TPSA) is 76.4 Å². The maximum Gasteiger partial charge on any atom is 0.191 e. The number of para-hydroxylation sites is 1. The molecule has 0 aliphatic rings. The van der Waals surface area contributed by atoms with Crippen molar-refractivity contribution in [3.63, 3.8) is 0 Å². The van der Waals surface area contributed by atoms with Crippen molar-refractivity contribution < 1.29 is 9.13 Å². The Labute approximate surface area is 153 Å². The summed E-state index contributed by atoms with van der Waals surface area (Å²) in [4.78, 5) is 4.20. The second-order valence-electron chi connectivity index (χ2n) is 5.75. The van der Waals surface area contributed by atoms with Crippen LogP contribution >= 0.6 is 0 Å². The lowest BCUT2D eigenvalue weighted by atomic mass is 10.2. The largest absolute Gasteiger partial charge is 0.486 e. The lowest BCUT2D eigenvalue weighted by Crippen LogP contribution is -2.43. The molecular formula is C18H27FN6O. The van der Waals surface area contributed by atoms with Gasteiger partial charge in [-0.3, -0.25) is 4.99 Å². The summed E-state index contributed by atoms with van der Waals surface area (Å²) in [5.41, 5.74) is 0. The van der Waals surface area contributed by atoms with Crippen LogP contribution in [0.25, 0.3) is 0 Å². The highest BCUT2D eigenvalue weighted by molar-refractivity contribution is 5.79. The molecule has 1 unspecified atom stereocenters. The molecule has 0 radical (unpaired) electrons. The Bertz CT molecular complexity index is 702. The fourth-order valence-corrected chi connectivity index (χ4v) is 2.45. The average molecular weight is 362 g/mol. The quantitative estimate of drug-likeness (QED) is 0.527. The van der Waals surface area contributed by atoms with E-state index in [9.17, 15) is 4.39 Å². The van der Waals surface area contributed by atoms with E-state index in [0.29, 0.717) is 19.0 Å². The van der Waals surface area contributed by atoms with E-state index in [0.717, 1.165) is 25.2 Å². The molecule has 2 rings (SSSR count). The summed E-state index contributed by atoms with van der Waals surface area (Å²) in [6, 6.07) is 6.43. The summed E-state index contributed by atoms with van der Waals surface area (Å²) in [7, 11) is 1.71. The first-order chi connectivity index (χ1) is 12.7. The summed E-state index contributed by atoms with van der Waals surface area (Å²) < 4.78 is 21.5. The summed E-state index contributed by atoms with van der Waals surface area (Å²) in [6.07, 6.45) is 3.17. The van der Waals surface area contributed by atoms with Crippen molar-refractivity contribution in [1.82, 2.24) is 25.4 Å². The molecule has 0 aliphatic carbocycles. The van der Waals surface area contributed by atoms with E-state index in [4.69, 9.17) is 4.74 Å². The molecule has 0 aliphatic heterocycles. The number of benzene rings is 1. The van der Waals surface area contributed by atoms with Crippen LogP contribution in [0, 0.1) is 5.82 Å². The predicted molar refractivity (Wildman–Crippen MR) is 99.9 cm³/mol. The standard InChI is InChI=1S/C18H27FN6O/c1-4-14(26-16-9-7-6-8-15(16)19)12-22-18(20-3)21-10-11-25-13-23-24-17(25)5-2/h6-9,13-14H,4-5,10-12H2,1-3H3,(H2,20,21,22). The molecule has 0 fully saturated rings. The number of ether oxygens (including phenoxy) is 1. The molecule has 1 aromatic carbocycles. The van der Waals surface area contributed by atoms with Gasteiger partial charge < -0.3 is 19.9 Å². The van der Waals surface area contributed by atoms with Crippen molar-refractivity contribution in [1.29, 1.82) is 0 Å². The van der Waals surface area contributed by atoms with E-state index in [-0.39, 0.29) is 17.7 Å². The van der Waals surface area contributed by atoms with Gasteiger partial charge >= 0.3 is 0 Å². The Hall–Kier alpha value is -2.64. The minimum atomic E-state index is -0.353. The Kier molecular flexibility index (Phi) is 7.85. The van der Waals surface area contributed by atoms with Gasteiger partial charge in [0.25, 0.3) is 0 Å². The van der Waals surface area contributed by atoms with Crippen LogP contribution in [-0.4, -0.2) is 47.0 Å². The van der Waals surface area contributed by atoms with Crippen molar-refractivity contribution in [2.45, 2.75) is 39.3 Å². The fraction of sp³-hybridized carbons (Fsp3) is 0.500. The van der Waals surface area contributed by atoms with E-state index in [1.165, 1.54) is 6.07 Å². The molecule has 2 aromatic rings. The zero-order valence-corrected chi connectivity index (χ0v) is 15.6. The van der Waals surface area contributed by atoms with Crippen LogP contribution in [0.3, 0.4) is 0 Å². The van der Waals surface area contributed by atoms with Gasteiger partial charge in [-0.2, -0.15) is 0 Å². The minimum Gasteiger partial charge on any atom is -0.486 e. The van der Waals surface area contributed by atoms with Crippen molar-refractivity contribution in [2.75, 3.05) is 20.1 Å². The van der Waals surface area contributed by atoms with Crippen molar-refractivity contribution in [3.8, 4) is 5.75 Å². The molecule has 26 heavy (non-hydrogen) atoms. The first-order valence-electron chi connectivity index (χ1n) is 8.90. The number of nitrogens with zero attached hydrogens (tertiary/aromatic N) is 4. The lowest BCUT2D eigenvalue weighted by molar-refractivity contribution is 0.191. The van der Waals surface area contributed by atoms with Crippen LogP contribution in [0.15, 0.2) is 35.6 Å². The number of rotatable bonds is 9. The van der Waals surface area contributed by atoms with E-state index in [1.54, 1.807) is 31.6 Å². The maximum atomic E-state index is 13.7. The van der Waals surface area contributed by atoms with Crippen molar-refractivity contribution >= 4 is 5.96 Å². The highest BCUT2D eigenvalue weighted by Crippen LogP contribution is 2.17. The second kappa shape index (κ2) is 10.4. The first-order valence-corrected chi connectivity index (χ1v) is 8.90. The molecule has 142 valence electrons. The summed E-state index contributed by atoms with van der Waals surface area (Å²) >= 11 is 0. The Morgan fingerprint density at radius 2 is 2.12 bits per heavy atom. The van der Waals surface area contributed by atoms with Gasteiger partial charge in [0.2, 0.25) is 0 Å². The molecule has 0 spiro atoms. The molecule has 0 bridgehead atoms. The number of aliphatic imine (C=N–C) groups is 1. The van der Waals surface area contributed by atoms with Gasteiger partial charge in [-0.05, 0) is 18.6 Å². The molecular weight excluding hydrogens is 335 g/mol. The Morgan fingerprint density at radius 3 is 2.81 bits per heavy atom. The third-order valence-electron chi connectivity index (χ3n) is 3.96. The highest BCUT2D eigenvalue weighted by Gasteiger charge is 2.12. The third kappa shape index (κ3) is 5.72. The number of aromatic nitrogens is 3. The Balaban J connectivity index is 1.78. The average Bonchev–Trinajstić information content (AvgIpc) is 3.12. The molecule has 0 saturated carbocycles. The third-order valence-corrected chi connectivity index (χ3v) is 3.96. The van der Waals surface area contributed by atoms with Gasteiger partial charge in [-0.1, -0.05) is 26.0 Å². The smallest absolute Gasteiger partial charge is 0.191 e. The van der Waals surface area contributed by atoms with E-state index in [1.807, 2.05) is 11.5 Å². The van der Waals surface area contributed by atoms with Crippen LogP contribution in [0.1, 0.15) is 26.1 Å². The molecule has 1 aromatic heterocycles. The van der Waals surface area contributed by atoms with Crippen LogP contribution in [0.2, 0.25) is 0 Å². The zero-order valence-electron chi connectivity index (χ0n) is 15.6. The maximum absolute atomic E-state index is 13.7. The first kappa shape index (κ1) is 19.7. The molecule has 2 N–H and O–H groups in total. The van der Waals surface area contributed by atoms with Crippen molar-refractivity contribution in [3.05, 3.63) is 42.2 Å². The fourth-order valence-electron chi connectivity index (χ4n) is 2.45. The number of halogens is 1. The van der Waals surface area contributed by atoms with Crippen molar-refractivity contribution in [2.24, 2.45) is 4.99 Å². The van der Waals surface area contributed by atoms with Crippen LogP contribution in [0.5, 0.6) is 5.75 Å². The van der Waals surface area contributed by atoms with Crippen LogP contribution in [0.4, 0.5) is 4.39 Å². The number of hydrogen-bond acceptors (Lipinski definition) is 4. The summed E-state index contributed by atoms with van der Waals surface area (Å²) in [5.74, 6) is 1.55. The molecule has 7 nitrogen and oxygen atoms in total. The normalized spacial score (nSPS) is 12.7. The van der Waals surface area contributed by atoms with Gasteiger partial charge in [0.15, 0.2) is 17.5 Å². The Morgan fingerprint density at radius 1 is 1.31 bits per heavy atom.